The lowest BCUT2D eigenvalue weighted by Crippen LogP contribution is -2.17. The van der Waals surface area contributed by atoms with Gasteiger partial charge in [-0.15, -0.1) is 0 Å². The van der Waals surface area contributed by atoms with Crippen LogP contribution in [0.1, 0.15) is 56.0 Å². The van der Waals surface area contributed by atoms with Crippen molar-refractivity contribution in [1.29, 1.82) is 0 Å². The smallest absolute Gasteiger partial charge is 0.412 e. The summed E-state index contributed by atoms with van der Waals surface area (Å²) in [4.78, 5) is 12.5. The molecule has 1 amide bonds. The van der Waals surface area contributed by atoms with Gasteiger partial charge in [-0.3, -0.25) is 5.32 Å². The number of unbranched alkanes of at least 4 members (excludes halogenated alkanes) is 2. The Morgan fingerprint density at radius 1 is 1.16 bits per heavy atom. The molecule has 0 aliphatic heterocycles. The molecule has 1 unspecified atom stereocenters. The first-order chi connectivity index (χ1) is 15.5. The summed E-state index contributed by atoms with van der Waals surface area (Å²) in [6.07, 6.45) is 2.54. The maximum Gasteiger partial charge on any atom is 0.412 e. The number of amides is 1. The van der Waals surface area contributed by atoms with Crippen LogP contribution in [0.4, 0.5) is 10.5 Å². The Balaban J connectivity index is 1.63. The van der Waals surface area contributed by atoms with Gasteiger partial charge in [-0.1, -0.05) is 79.0 Å². The van der Waals surface area contributed by atoms with Gasteiger partial charge >= 0.3 is 6.09 Å². The second kappa shape index (κ2) is 11.7. The van der Waals surface area contributed by atoms with E-state index >= 15 is 0 Å². The first kappa shape index (κ1) is 23.8. The zero-order valence-electron chi connectivity index (χ0n) is 18.8. The Morgan fingerprint density at radius 2 is 1.91 bits per heavy atom. The highest BCUT2D eigenvalue weighted by molar-refractivity contribution is 6.31. The van der Waals surface area contributed by atoms with Crippen molar-refractivity contribution in [2.75, 3.05) is 11.9 Å². The number of hydrogen-bond donors (Lipinski definition) is 2. The molecule has 1 heterocycles. The molecular weight excluding hydrogens is 426 g/mol. The number of aryl methyl sites for hydroxylation is 1. The molecule has 0 bridgehead atoms. The fraction of sp³-hybridized carbons (Fsp3) is 0.360. The number of ether oxygens (including phenoxy) is 1. The topological polar surface area (TPSA) is 76.4 Å². The number of benzene rings is 2. The van der Waals surface area contributed by atoms with Crippen LogP contribution in [0.2, 0.25) is 5.02 Å². The molecular formula is C25H30ClN3O3. The Labute approximate surface area is 194 Å². The predicted octanol–water partition coefficient (Wildman–Crippen LogP) is 6.89. The number of carbonyl (C=O) groups is 1. The van der Waals surface area contributed by atoms with E-state index in [4.69, 9.17) is 20.9 Å². The van der Waals surface area contributed by atoms with E-state index < -0.39 is 12.2 Å². The van der Waals surface area contributed by atoms with Crippen LogP contribution in [-0.2, 0) is 11.3 Å². The molecule has 1 atom stereocenters. The molecule has 0 aliphatic carbocycles. The lowest BCUT2D eigenvalue weighted by Gasteiger charge is -2.15. The molecule has 7 heteroatoms. The number of carbonyl (C=O) groups excluding carboxylic acids is 1. The van der Waals surface area contributed by atoms with Crippen molar-refractivity contribution < 1.29 is 14.1 Å². The molecule has 1 aromatic heterocycles. The minimum atomic E-state index is -0.599. The van der Waals surface area contributed by atoms with Crippen LogP contribution in [0.5, 0.6) is 0 Å². The van der Waals surface area contributed by atoms with Crippen LogP contribution >= 0.6 is 11.6 Å². The van der Waals surface area contributed by atoms with Gasteiger partial charge in [0.2, 0.25) is 0 Å². The maximum atomic E-state index is 12.5. The van der Waals surface area contributed by atoms with Crippen LogP contribution < -0.4 is 10.6 Å². The molecule has 6 nitrogen and oxygen atoms in total. The van der Waals surface area contributed by atoms with E-state index in [1.54, 1.807) is 19.9 Å². The number of rotatable bonds is 10. The van der Waals surface area contributed by atoms with Crippen LogP contribution in [0.15, 0.2) is 53.1 Å². The van der Waals surface area contributed by atoms with Gasteiger partial charge in [-0.05, 0) is 38.4 Å². The molecule has 0 fully saturated rings. The lowest BCUT2D eigenvalue weighted by molar-refractivity contribution is 0.121. The number of hydrogen-bond acceptors (Lipinski definition) is 5. The largest absolute Gasteiger partial charge is 0.441 e. The van der Waals surface area contributed by atoms with Gasteiger partial charge in [0.05, 0.1) is 0 Å². The average molecular weight is 456 g/mol. The quantitative estimate of drug-likeness (QED) is 0.325. The van der Waals surface area contributed by atoms with Crippen molar-refractivity contribution >= 4 is 23.4 Å². The first-order valence-corrected chi connectivity index (χ1v) is 11.4. The minimum Gasteiger partial charge on any atom is -0.441 e. The van der Waals surface area contributed by atoms with Crippen LogP contribution in [-0.4, -0.2) is 17.8 Å². The molecule has 2 N–H and O–H groups in total. The van der Waals surface area contributed by atoms with Gasteiger partial charge in [0.25, 0.3) is 0 Å². The summed E-state index contributed by atoms with van der Waals surface area (Å²) in [6.45, 7) is 7.58. The van der Waals surface area contributed by atoms with E-state index in [1.165, 1.54) is 24.8 Å². The molecule has 0 saturated heterocycles. The molecule has 3 rings (SSSR count). The van der Waals surface area contributed by atoms with E-state index in [9.17, 15) is 4.79 Å². The summed E-state index contributed by atoms with van der Waals surface area (Å²) in [5, 5.41) is 10.8. The van der Waals surface area contributed by atoms with Crippen molar-refractivity contribution in [3.05, 3.63) is 70.4 Å². The zero-order chi connectivity index (χ0) is 22.9. The van der Waals surface area contributed by atoms with Crippen molar-refractivity contribution in [3.63, 3.8) is 0 Å². The standard InChI is InChI=1S/C25H30ClN3O3/c1-4-5-8-15-27-16-19-11-13-20(14-12-19)24-23(17(2)29-32-24)28-25(30)31-18(3)21-9-6-7-10-22(21)26/h6-7,9-14,18,27H,4-5,8,15-16H2,1-3H3,(H,28,30). The zero-order valence-corrected chi connectivity index (χ0v) is 19.5. The summed E-state index contributed by atoms with van der Waals surface area (Å²) in [5.74, 6) is 0.493. The number of nitrogens with one attached hydrogen (secondary N) is 2. The summed E-state index contributed by atoms with van der Waals surface area (Å²) >= 11 is 6.20. The second-order valence-corrected chi connectivity index (χ2v) is 8.15. The van der Waals surface area contributed by atoms with Crippen LogP contribution in [0.3, 0.4) is 0 Å². The average Bonchev–Trinajstić information content (AvgIpc) is 3.14. The van der Waals surface area contributed by atoms with Gasteiger partial charge in [0, 0.05) is 22.7 Å². The Morgan fingerprint density at radius 3 is 2.62 bits per heavy atom. The van der Waals surface area contributed by atoms with E-state index in [0.717, 1.165) is 24.2 Å². The SMILES string of the molecule is CCCCCNCc1ccc(-c2onc(C)c2NC(=O)OC(C)c2ccccc2Cl)cc1. The third-order valence-electron chi connectivity index (χ3n) is 5.22. The summed E-state index contributed by atoms with van der Waals surface area (Å²) < 4.78 is 11.0. The summed E-state index contributed by atoms with van der Waals surface area (Å²) in [5.41, 5.74) is 3.82. The van der Waals surface area contributed by atoms with E-state index in [-0.39, 0.29) is 0 Å². The molecule has 2 aromatic carbocycles. The monoisotopic (exact) mass is 455 g/mol. The van der Waals surface area contributed by atoms with E-state index in [0.29, 0.717) is 22.2 Å². The molecule has 0 saturated carbocycles. The maximum absolute atomic E-state index is 12.5. The lowest BCUT2D eigenvalue weighted by atomic mass is 10.1. The van der Waals surface area contributed by atoms with E-state index in [2.05, 4.69) is 22.7 Å². The number of aromatic nitrogens is 1. The van der Waals surface area contributed by atoms with Gasteiger partial charge in [0.1, 0.15) is 17.5 Å². The van der Waals surface area contributed by atoms with Crippen molar-refractivity contribution in [2.24, 2.45) is 0 Å². The molecule has 170 valence electrons. The summed E-state index contributed by atoms with van der Waals surface area (Å²) in [6, 6.07) is 15.3. The normalized spacial score (nSPS) is 11.9. The van der Waals surface area contributed by atoms with E-state index in [1.807, 2.05) is 42.5 Å². The Kier molecular flexibility index (Phi) is 8.71. The highest BCUT2D eigenvalue weighted by Crippen LogP contribution is 2.32. The molecule has 32 heavy (non-hydrogen) atoms. The van der Waals surface area contributed by atoms with Gasteiger partial charge < -0.3 is 14.6 Å². The van der Waals surface area contributed by atoms with Gasteiger partial charge in [-0.25, -0.2) is 4.79 Å². The Hall–Kier alpha value is -2.83. The third kappa shape index (κ3) is 6.34. The minimum absolute atomic E-state index is 0.492. The molecule has 0 aliphatic rings. The number of nitrogens with zero attached hydrogens (tertiary/aromatic N) is 1. The molecule has 0 radical (unpaired) electrons. The summed E-state index contributed by atoms with van der Waals surface area (Å²) in [7, 11) is 0. The highest BCUT2D eigenvalue weighted by Gasteiger charge is 2.20. The van der Waals surface area contributed by atoms with Crippen LogP contribution in [0, 0.1) is 6.92 Å². The first-order valence-electron chi connectivity index (χ1n) is 11.0. The van der Waals surface area contributed by atoms with Gasteiger partial charge in [0.15, 0.2) is 5.76 Å². The number of halogens is 1. The number of anilines is 1. The van der Waals surface area contributed by atoms with Crippen molar-refractivity contribution in [1.82, 2.24) is 10.5 Å². The fourth-order valence-electron chi connectivity index (χ4n) is 3.38. The highest BCUT2D eigenvalue weighted by atomic mass is 35.5. The molecule has 0 spiro atoms. The van der Waals surface area contributed by atoms with Gasteiger partial charge in [-0.2, -0.15) is 0 Å². The second-order valence-electron chi connectivity index (χ2n) is 7.75. The van der Waals surface area contributed by atoms with Crippen molar-refractivity contribution in [2.45, 2.75) is 52.7 Å². The molecule has 3 aromatic rings. The Bertz CT molecular complexity index is 1020. The predicted molar refractivity (Wildman–Crippen MR) is 128 cm³/mol. The third-order valence-corrected chi connectivity index (χ3v) is 5.56. The fourth-order valence-corrected chi connectivity index (χ4v) is 3.67. The van der Waals surface area contributed by atoms with Crippen molar-refractivity contribution in [3.8, 4) is 11.3 Å². The van der Waals surface area contributed by atoms with Crippen LogP contribution in [0.25, 0.3) is 11.3 Å².